The summed E-state index contributed by atoms with van der Waals surface area (Å²) in [6, 6.07) is 0.833. The fourth-order valence-corrected chi connectivity index (χ4v) is 2.78. The molecular formula is C16H23F3N8S. The number of nitrogens with one attached hydrogen (secondary N) is 3. The lowest BCUT2D eigenvalue weighted by atomic mass is 10.4. The lowest BCUT2D eigenvalue weighted by Gasteiger charge is -2.12. The molecule has 0 saturated carbocycles. The Morgan fingerprint density at radius 1 is 1.21 bits per heavy atom. The maximum atomic E-state index is 12.7. The van der Waals surface area contributed by atoms with E-state index in [4.69, 9.17) is 0 Å². The Kier molecular flexibility index (Phi) is 7.79. The molecule has 0 atom stereocenters. The Labute approximate surface area is 165 Å². The standard InChI is InChI=1S/C16H23F3N8S/c1-4-20-13(24-9-11-10-28-15(25-11)27(2)3)22-7-8-23-14-21-6-5-12(26-14)16(17,18)19/h5-6,10H,4,7-9H2,1-3H3,(H2,20,22,24)(H,21,23,26). The van der Waals surface area contributed by atoms with Crippen molar-refractivity contribution in [3.05, 3.63) is 29.0 Å². The van der Waals surface area contributed by atoms with E-state index < -0.39 is 11.9 Å². The van der Waals surface area contributed by atoms with E-state index in [-0.39, 0.29) is 5.95 Å². The highest BCUT2D eigenvalue weighted by Gasteiger charge is 2.32. The van der Waals surface area contributed by atoms with Gasteiger partial charge in [0.15, 0.2) is 11.1 Å². The maximum Gasteiger partial charge on any atom is 0.433 e. The Hall–Kier alpha value is -2.63. The average Bonchev–Trinajstić information content (AvgIpc) is 3.12. The molecule has 0 aromatic carbocycles. The third-order valence-electron chi connectivity index (χ3n) is 3.31. The SMILES string of the molecule is CCNC(=NCc1csc(N(C)C)n1)NCCNc1nccc(C(F)(F)F)n1. The fraction of sp³-hybridized carbons (Fsp3) is 0.500. The van der Waals surface area contributed by atoms with E-state index in [0.717, 1.165) is 23.1 Å². The van der Waals surface area contributed by atoms with Crippen LogP contribution in [0.4, 0.5) is 24.3 Å². The van der Waals surface area contributed by atoms with E-state index in [1.165, 1.54) is 0 Å². The number of anilines is 2. The quantitative estimate of drug-likeness (QED) is 0.345. The smallest absolute Gasteiger partial charge is 0.357 e. The van der Waals surface area contributed by atoms with Crippen LogP contribution in [0.15, 0.2) is 22.6 Å². The molecule has 2 heterocycles. The molecule has 3 N–H and O–H groups in total. The van der Waals surface area contributed by atoms with Gasteiger partial charge in [-0.3, -0.25) is 0 Å². The number of hydrogen-bond donors (Lipinski definition) is 3. The molecule has 0 amide bonds. The Morgan fingerprint density at radius 2 is 2.00 bits per heavy atom. The molecule has 0 bridgehead atoms. The monoisotopic (exact) mass is 416 g/mol. The minimum atomic E-state index is -4.50. The van der Waals surface area contributed by atoms with Crippen LogP contribution in [0.5, 0.6) is 0 Å². The van der Waals surface area contributed by atoms with Gasteiger partial charge in [0, 0.05) is 45.3 Å². The van der Waals surface area contributed by atoms with Gasteiger partial charge in [0.05, 0.1) is 12.2 Å². The molecule has 0 unspecified atom stereocenters. The predicted octanol–water partition coefficient (Wildman–Crippen LogP) is 2.19. The molecule has 0 spiro atoms. The minimum absolute atomic E-state index is 0.0720. The highest BCUT2D eigenvalue weighted by Crippen LogP contribution is 2.27. The van der Waals surface area contributed by atoms with Crippen molar-refractivity contribution in [2.24, 2.45) is 4.99 Å². The normalized spacial score (nSPS) is 12.0. The van der Waals surface area contributed by atoms with Crippen molar-refractivity contribution in [3.8, 4) is 0 Å². The molecular weight excluding hydrogens is 393 g/mol. The van der Waals surface area contributed by atoms with E-state index >= 15 is 0 Å². The number of aromatic nitrogens is 3. The summed E-state index contributed by atoms with van der Waals surface area (Å²) in [6.07, 6.45) is -3.42. The van der Waals surface area contributed by atoms with Gasteiger partial charge in [-0.2, -0.15) is 13.2 Å². The first-order valence-electron chi connectivity index (χ1n) is 8.57. The summed E-state index contributed by atoms with van der Waals surface area (Å²) in [5, 5.41) is 11.8. The Bertz CT molecular complexity index is 775. The lowest BCUT2D eigenvalue weighted by Crippen LogP contribution is -2.39. The molecule has 2 rings (SSSR count). The molecule has 0 aliphatic heterocycles. The number of hydrogen-bond acceptors (Lipinski definition) is 7. The summed E-state index contributed by atoms with van der Waals surface area (Å²) in [6.45, 7) is 3.79. The van der Waals surface area contributed by atoms with E-state index in [9.17, 15) is 13.2 Å². The Morgan fingerprint density at radius 3 is 2.64 bits per heavy atom. The fourth-order valence-electron chi connectivity index (χ4n) is 2.03. The predicted molar refractivity (Wildman–Crippen MR) is 105 cm³/mol. The van der Waals surface area contributed by atoms with Crippen LogP contribution >= 0.6 is 11.3 Å². The lowest BCUT2D eigenvalue weighted by molar-refractivity contribution is -0.141. The minimum Gasteiger partial charge on any atom is -0.357 e. The van der Waals surface area contributed by atoms with Crippen LogP contribution in [0, 0.1) is 0 Å². The number of halogens is 3. The summed E-state index contributed by atoms with van der Waals surface area (Å²) in [4.78, 5) is 18.1. The number of thiazole rings is 1. The summed E-state index contributed by atoms with van der Waals surface area (Å²) in [5.74, 6) is 0.519. The van der Waals surface area contributed by atoms with Crippen LogP contribution in [-0.2, 0) is 12.7 Å². The highest BCUT2D eigenvalue weighted by atomic mass is 32.1. The second-order valence-electron chi connectivity index (χ2n) is 5.83. The molecule has 28 heavy (non-hydrogen) atoms. The zero-order valence-corrected chi connectivity index (χ0v) is 16.7. The Balaban J connectivity index is 1.84. The molecule has 154 valence electrons. The van der Waals surface area contributed by atoms with Crippen molar-refractivity contribution < 1.29 is 13.2 Å². The first-order valence-corrected chi connectivity index (χ1v) is 9.45. The van der Waals surface area contributed by atoms with E-state index in [2.05, 4.69) is 35.9 Å². The van der Waals surface area contributed by atoms with Gasteiger partial charge >= 0.3 is 6.18 Å². The van der Waals surface area contributed by atoms with Gasteiger partial charge in [-0.15, -0.1) is 11.3 Å². The van der Waals surface area contributed by atoms with Gasteiger partial charge in [0.2, 0.25) is 5.95 Å². The second kappa shape index (κ2) is 10.1. The van der Waals surface area contributed by atoms with E-state index in [0.29, 0.717) is 32.1 Å². The number of nitrogens with zero attached hydrogens (tertiary/aromatic N) is 5. The van der Waals surface area contributed by atoms with Crippen molar-refractivity contribution in [2.45, 2.75) is 19.6 Å². The first-order chi connectivity index (χ1) is 13.3. The zero-order valence-electron chi connectivity index (χ0n) is 15.8. The van der Waals surface area contributed by atoms with Gasteiger partial charge in [-0.25, -0.2) is 19.9 Å². The van der Waals surface area contributed by atoms with Gasteiger partial charge < -0.3 is 20.9 Å². The molecule has 0 aliphatic carbocycles. The maximum absolute atomic E-state index is 12.7. The zero-order chi connectivity index (χ0) is 20.6. The van der Waals surface area contributed by atoms with Crippen LogP contribution in [0.3, 0.4) is 0 Å². The van der Waals surface area contributed by atoms with Crippen LogP contribution in [0.2, 0.25) is 0 Å². The molecule has 8 nitrogen and oxygen atoms in total. The molecule has 12 heteroatoms. The number of aliphatic imine (C=N–C) groups is 1. The molecule has 2 aromatic heterocycles. The van der Waals surface area contributed by atoms with Crippen LogP contribution < -0.4 is 20.9 Å². The van der Waals surface area contributed by atoms with Gasteiger partial charge in [-0.1, -0.05) is 0 Å². The molecule has 0 aliphatic rings. The molecule has 0 saturated heterocycles. The number of rotatable bonds is 8. The van der Waals surface area contributed by atoms with E-state index in [1.54, 1.807) is 11.3 Å². The van der Waals surface area contributed by atoms with Gasteiger partial charge in [0.1, 0.15) is 5.69 Å². The first kappa shape index (κ1) is 21.7. The van der Waals surface area contributed by atoms with Crippen molar-refractivity contribution in [2.75, 3.05) is 43.9 Å². The van der Waals surface area contributed by atoms with Crippen LogP contribution in [-0.4, -0.2) is 54.6 Å². The van der Waals surface area contributed by atoms with Crippen molar-refractivity contribution in [1.29, 1.82) is 0 Å². The van der Waals surface area contributed by atoms with Crippen molar-refractivity contribution in [3.63, 3.8) is 0 Å². The summed E-state index contributed by atoms with van der Waals surface area (Å²) >= 11 is 1.55. The van der Waals surface area contributed by atoms with Crippen LogP contribution in [0.25, 0.3) is 0 Å². The summed E-state index contributed by atoms with van der Waals surface area (Å²) in [5.41, 5.74) is -0.116. The molecule has 0 fully saturated rings. The molecule has 2 aromatic rings. The number of guanidine groups is 1. The topological polar surface area (TPSA) is 90.4 Å². The van der Waals surface area contributed by atoms with Gasteiger partial charge in [-0.05, 0) is 13.0 Å². The van der Waals surface area contributed by atoms with Crippen molar-refractivity contribution >= 4 is 28.4 Å². The van der Waals surface area contributed by atoms with E-state index in [1.807, 2.05) is 31.3 Å². The largest absolute Gasteiger partial charge is 0.433 e. The van der Waals surface area contributed by atoms with Gasteiger partial charge in [0.25, 0.3) is 0 Å². The number of alkyl halides is 3. The third-order valence-corrected chi connectivity index (χ3v) is 4.37. The van der Waals surface area contributed by atoms with Crippen LogP contribution in [0.1, 0.15) is 18.3 Å². The summed E-state index contributed by atoms with van der Waals surface area (Å²) in [7, 11) is 3.86. The highest BCUT2D eigenvalue weighted by molar-refractivity contribution is 7.13. The third kappa shape index (κ3) is 6.83. The second-order valence-corrected chi connectivity index (χ2v) is 6.66. The average molecular weight is 416 g/mol. The molecule has 0 radical (unpaired) electrons. The summed E-state index contributed by atoms with van der Waals surface area (Å²) < 4.78 is 38.0. The van der Waals surface area contributed by atoms with Crippen molar-refractivity contribution in [1.82, 2.24) is 25.6 Å².